The zero-order valence-electron chi connectivity index (χ0n) is 10.3. The molecule has 112 valence electrons. The molecule has 2 aromatic rings. The van der Waals surface area contributed by atoms with Gasteiger partial charge >= 0.3 is 6.18 Å². The van der Waals surface area contributed by atoms with Crippen molar-refractivity contribution in [2.75, 3.05) is 0 Å². The first-order valence-electron chi connectivity index (χ1n) is 5.70. The second-order valence-electron chi connectivity index (χ2n) is 4.13. The van der Waals surface area contributed by atoms with Gasteiger partial charge in [0.1, 0.15) is 11.5 Å². The van der Waals surface area contributed by atoms with Crippen molar-refractivity contribution < 1.29 is 17.9 Å². The maximum atomic E-state index is 12.6. The van der Waals surface area contributed by atoms with Gasteiger partial charge in [0.25, 0.3) is 0 Å². The van der Waals surface area contributed by atoms with Crippen LogP contribution < -0.4 is 4.74 Å². The molecule has 0 spiro atoms. The maximum absolute atomic E-state index is 12.6. The largest absolute Gasteiger partial charge is 0.456 e. The summed E-state index contributed by atoms with van der Waals surface area (Å²) in [5.74, 6) is 0.668. The summed E-state index contributed by atoms with van der Waals surface area (Å²) in [6, 6.07) is 8.26. The van der Waals surface area contributed by atoms with Crippen LogP contribution >= 0.6 is 43.5 Å². The van der Waals surface area contributed by atoms with Crippen molar-refractivity contribution in [1.29, 1.82) is 0 Å². The van der Waals surface area contributed by atoms with Gasteiger partial charge in [-0.05, 0) is 42.0 Å². The minimum absolute atomic E-state index is 0.0897. The van der Waals surface area contributed by atoms with Crippen LogP contribution in [0.3, 0.4) is 0 Å². The van der Waals surface area contributed by atoms with Crippen LogP contribution in [0.5, 0.6) is 11.5 Å². The third kappa shape index (κ3) is 4.14. The molecule has 0 aliphatic carbocycles. The Kier molecular flexibility index (Phi) is 5.22. The van der Waals surface area contributed by atoms with Crippen molar-refractivity contribution in [1.82, 2.24) is 0 Å². The summed E-state index contributed by atoms with van der Waals surface area (Å²) >= 11 is 12.6. The van der Waals surface area contributed by atoms with Gasteiger partial charge in [-0.15, -0.1) is 0 Å². The fourth-order valence-corrected chi connectivity index (χ4v) is 3.05. The first kappa shape index (κ1) is 16.6. The van der Waals surface area contributed by atoms with Gasteiger partial charge in [-0.25, -0.2) is 0 Å². The van der Waals surface area contributed by atoms with Gasteiger partial charge in [0.2, 0.25) is 0 Å². The Morgan fingerprint density at radius 2 is 1.81 bits per heavy atom. The van der Waals surface area contributed by atoms with E-state index in [1.807, 2.05) is 0 Å². The van der Waals surface area contributed by atoms with Crippen molar-refractivity contribution in [3.8, 4) is 11.5 Å². The second kappa shape index (κ2) is 6.58. The number of halogens is 6. The first-order valence-corrected chi connectivity index (χ1v) is 7.99. The third-order valence-electron chi connectivity index (χ3n) is 2.65. The molecule has 0 saturated heterocycles. The van der Waals surface area contributed by atoms with Crippen LogP contribution in [-0.2, 0) is 11.5 Å². The summed E-state index contributed by atoms with van der Waals surface area (Å²) in [4.78, 5) is 0. The van der Waals surface area contributed by atoms with Gasteiger partial charge in [0.05, 0.1) is 10.6 Å². The van der Waals surface area contributed by atoms with Gasteiger partial charge in [-0.1, -0.05) is 43.5 Å². The molecule has 0 atom stereocenters. The Labute approximate surface area is 141 Å². The molecule has 1 nitrogen and oxygen atoms in total. The first-order chi connectivity index (χ1) is 9.81. The van der Waals surface area contributed by atoms with E-state index < -0.39 is 11.7 Å². The summed E-state index contributed by atoms with van der Waals surface area (Å²) in [6.45, 7) is 0. The van der Waals surface area contributed by atoms with Crippen molar-refractivity contribution in [2.24, 2.45) is 0 Å². The van der Waals surface area contributed by atoms with Crippen LogP contribution in [0.25, 0.3) is 0 Å². The number of ether oxygens (including phenoxy) is 1. The summed E-state index contributed by atoms with van der Waals surface area (Å²) < 4.78 is 44.1. The highest BCUT2D eigenvalue weighted by Crippen LogP contribution is 2.37. The molecule has 0 aliphatic rings. The Hall–Kier alpha value is -0.720. The molecule has 0 amide bonds. The van der Waals surface area contributed by atoms with Crippen molar-refractivity contribution in [3.05, 3.63) is 57.0 Å². The summed E-state index contributed by atoms with van der Waals surface area (Å²) in [7, 11) is 0. The minimum atomic E-state index is -4.43. The molecule has 2 aromatic carbocycles. The van der Waals surface area contributed by atoms with E-state index in [4.69, 9.17) is 16.3 Å². The lowest BCUT2D eigenvalue weighted by Crippen LogP contribution is -2.04. The van der Waals surface area contributed by atoms with Crippen molar-refractivity contribution in [2.45, 2.75) is 11.5 Å². The molecule has 0 bridgehead atoms. The lowest BCUT2D eigenvalue weighted by Gasteiger charge is -2.12. The lowest BCUT2D eigenvalue weighted by molar-refractivity contribution is -0.137. The normalized spacial score (nSPS) is 11.5. The van der Waals surface area contributed by atoms with Gasteiger partial charge in [0.15, 0.2) is 0 Å². The molecule has 0 N–H and O–H groups in total. The predicted octanol–water partition coefficient (Wildman–Crippen LogP) is 6.81. The quantitative estimate of drug-likeness (QED) is 0.473. The summed E-state index contributed by atoms with van der Waals surface area (Å²) in [5, 5.41) is 0.527. The fraction of sp³-hybridized carbons (Fsp3) is 0.143. The highest BCUT2D eigenvalue weighted by Gasteiger charge is 2.31. The number of rotatable bonds is 3. The molecule has 0 saturated carbocycles. The Morgan fingerprint density at radius 3 is 2.38 bits per heavy atom. The molecular formula is C14H8Br2ClF3O. The van der Waals surface area contributed by atoms with E-state index in [0.717, 1.165) is 22.2 Å². The summed E-state index contributed by atoms with van der Waals surface area (Å²) in [5.41, 5.74) is 0.146. The zero-order valence-corrected chi connectivity index (χ0v) is 14.3. The average Bonchev–Trinajstić information content (AvgIpc) is 2.42. The van der Waals surface area contributed by atoms with Crippen molar-refractivity contribution in [3.63, 3.8) is 0 Å². The highest BCUT2D eigenvalue weighted by molar-refractivity contribution is 9.10. The van der Waals surface area contributed by atoms with E-state index in [2.05, 4.69) is 31.9 Å². The second-order valence-corrected chi connectivity index (χ2v) is 5.95. The zero-order chi connectivity index (χ0) is 15.6. The van der Waals surface area contributed by atoms with Gasteiger partial charge in [-0.2, -0.15) is 13.2 Å². The van der Waals surface area contributed by atoms with Crippen LogP contribution in [-0.4, -0.2) is 0 Å². The van der Waals surface area contributed by atoms with Gasteiger partial charge < -0.3 is 4.74 Å². The molecular weight excluding hydrogens is 436 g/mol. The van der Waals surface area contributed by atoms with Crippen LogP contribution in [0.1, 0.15) is 11.1 Å². The van der Waals surface area contributed by atoms with E-state index in [1.165, 1.54) is 6.07 Å². The van der Waals surface area contributed by atoms with E-state index in [9.17, 15) is 13.2 Å². The van der Waals surface area contributed by atoms with Crippen LogP contribution in [0.2, 0.25) is 5.02 Å². The smallest absolute Gasteiger partial charge is 0.416 e. The van der Waals surface area contributed by atoms with E-state index >= 15 is 0 Å². The molecule has 0 fully saturated rings. The third-order valence-corrected chi connectivity index (χ3v) is 4.32. The fourth-order valence-electron chi connectivity index (χ4n) is 1.60. The maximum Gasteiger partial charge on any atom is 0.416 e. The molecule has 0 aromatic heterocycles. The van der Waals surface area contributed by atoms with Crippen LogP contribution in [0.4, 0.5) is 13.2 Å². The van der Waals surface area contributed by atoms with Crippen molar-refractivity contribution >= 4 is 43.5 Å². The Morgan fingerprint density at radius 1 is 1.10 bits per heavy atom. The highest BCUT2D eigenvalue weighted by atomic mass is 79.9. The average molecular weight is 444 g/mol. The SMILES string of the molecule is FC(F)(F)c1ccc(Oc2ccc(Br)c(CBr)c2)c(Cl)c1. The van der Waals surface area contributed by atoms with E-state index in [-0.39, 0.29) is 10.8 Å². The summed E-state index contributed by atoms with van der Waals surface area (Å²) in [6.07, 6.45) is -4.43. The molecule has 0 unspecified atom stereocenters. The number of hydrogen-bond donors (Lipinski definition) is 0. The van der Waals surface area contributed by atoms with E-state index in [0.29, 0.717) is 11.1 Å². The molecule has 7 heteroatoms. The van der Waals surface area contributed by atoms with E-state index in [1.54, 1.807) is 18.2 Å². The monoisotopic (exact) mass is 442 g/mol. The standard InChI is InChI=1S/C14H8Br2ClF3O/c15-7-8-5-10(2-3-11(8)16)21-13-4-1-9(6-12(13)17)14(18,19)20/h1-6H,7H2. The number of hydrogen-bond acceptors (Lipinski definition) is 1. The molecule has 2 rings (SSSR count). The lowest BCUT2D eigenvalue weighted by atomic mass is 10.2. The molecule has 0 aliphatic heterocycles. The van der Waals surface area contributed by atoms with Gasteiger partial charge in [0, 0.05) is 9.80 Å². The molecule has 0 heterocycles. The molecule has 21 heavy (non-hydrogen) atoms. The molecule has 0 radical (unpaired) electrons. The van der Waals surface area contributed by atoms with Crippen LogP contribution in [0.15, 0.2) is 40.9 Å². The van der Waals surface area contributed by atoms with Gasteiger partial charge in [-0.3, -0.25) is 0 Å². The Balaban J connectivity index is 2.28. The number of benzene rings is 2. The predicted molar refractivity (Wildman–Crippen MR) is 83.3 cm³/mol. The van der Waals surface area contributed by atoms with Crippen LogP contribution in [0, 0.1) is 0 Å². The minimum Gasteiger partial charge on any atom is -0.456 e. The number of alkyl halides is 4. The topological polar surface area (TPSA) is 9.23 Å². The Bertz CT molecular complexity index is 659.